The minimum Gasteiger partial charge on any atom is -0.369 e. The van der Waals surface area contributed by atoms with E-state index in [0.717, 1.165) is 0 Å². The first-order valence-electron chi connectivity index (χ1n) is 2.61. The molecule has 1 heteroatoms. The van der Waals surface area contributed by atoms with Gasteiger partial charge < -0.3 is 6.15 Å². The first-order chi connectivity index (χ1) is 3.93. The van der Waals surface area contributed by atoms with E-state index in [4.69, 9.17) is 0 Å². The third kappa shape index (κ3) is 2.11. The summed E-state index contributed by atoms with van der Waals surface area (Å²) in [5, 5.41) is 0. The van der Waals surface area contributed by atoms with Crippen LogP contribution in [0.4, 0.5) is 0 Å². The van der Waals surface area contributed by atoms with Crippen LogP contribution in [-0.4, -0.2) is 0 Å². The molecule has 0 fully saturated rings. The van der Waals surface area contributed by atoms with Gasteiger partial charge in [0.15, 0.2) is 0 Å². The van der Waals surface area contributed by atoms with Crippen LogP contribution in [0.25, 0.3) is 6.08 Å². The minimum atomic E-state index is 0. The Morgan fingerprint density at radius 2 is 1.67 bits per heavy atom. The molecule has 4 N–H and O–H groups in total. The molecule has 0 radical (unpaired) electrons. The first-order valence-corrected chi connectivity index (χ1v) is 2.61. The fourth-order valence-electron chi connectivity index (χ4n) is 0.589. The van der Waals surface area contributed by atoms with Crippen LogP contribution >= 0.6 is 0 Å². The van der Waals surface area contributed by atoms with Gasteiger partial charge in [0.05, 0.1) is 0 Å². The molecule has 0 atom stereocenters. The number of rotatable bonds is 1. The van der Waals surface area contributed by atoms with Crippen LogP contribution < -0.4 is 6.15 Å². The van der Waals surface area contributed by atoms with Crippen LogP contribution in [0.2, 0.25) is 0 Å². The Morgan fingerprint density at radius 3 is 2.00 bits per heavy atom. The van der Waals surface area contributed by atoms with Crippen molar-refractivity contribution in [2.24, 2.45) is 0 Å². The summed E-state index contributed by atoms with van der Waals surface area (Å²) in [5.41, 5.74) is 1.17. The van der Waals surface area contributed by atoms with Crippen molar-refractivity contribution in [1.82, 2.24) is 6.15 Å². The summed E-state index contributed by atoms with van der Waals surface area (Å²) in [7, 11) is 0. The lowest BCUT2D eigenvalue weighted by atomic mass is 10.2. The normalized spacial score (nSPS) is 7.56. The second-order valence-corrected chi connectivity index (χ2v) is 1.61. The lowest BCUT2D eigenvalue weighted by molar-refractivity contribution is 1.67. The van der Waals surface area contributed by atoms with Crippen LogP contribution in [0.3, 0.4) is 0 Å². The van der Waals surface area contributed by atoms with Gasteiger partial charge in [0.1, 0.15) is 0 Å². The average Bonchev–Trinajstić information content (AvgIpc) is 1.90. The smallest absolute Gasteiger partial charge is 0.0263 e. The van der Waals surface area contributed by atoms with Crippen LogP contribution in [0, 0.1) is 0 Å². The lowest BCUT2D eigenvalue weighted by Gasteiger charge is -1.85. The largest absolute Gasteiger partial charge is 0.369 e. The Morgan fingerprint density at radius 1 is 1.11 bits per heavy atom. The second-order valence-electron chi connectivity index (χ2n) is 1.61. The molecular weight excluding hydrogens is 110 g/mol. The van der Waals surface area contributed by atoms with Crippen LogP contribution in [0.15, 0.2) is 36.9 Å². The monoisotopic (exact) mass is 122 g/mol. The SMILES string of the molecule is C=Cc1ccccc1.[NH4+]. The van der Waals surface area contributed by atoms with E-state index in [1.54, 1.807) is 0 Å². The number of hydrogen-bond acceptors (Lipinski definition) is 0. The van der Waals surface area contributed by atoms with E-state index in [-0.39, 0.29) is 6.15 Å². The van der Waals surface area contributed by atoms with Crippen LogP contribution in [-0.2, 0) is 0 Å². The number of hydrogen-bond donors (Lipinski definition) is 1. The van der Waals surface area contributed by atoms with E-state index in [0.29, 0.717) is 0 Å². The number of benzene rings is 1. The van der Waals surface area contributed by atoms with E-state index in [1.165, 1.54) is 5.56 Å². The maximum Gasteiger partial charge on any atom is -0.0263 e. The summed E-state index contributed by atoms with van der Waals surface area (Å²) in [6, 6.07) is 10.0. The van der Waals surface area contributed by atoms with Crippen LogP contribution in [0.1, 0.15) is 5.56 Å². The van der Waals surface area contributed by atoms with Crippen molar-refractivity contribution in [1.29, 1.82) is 0 Å². The van der Waals surface area contributed by atoms with E-state index in [9.17, 15) is 0 Å². The molecule has 48 valence electrons. The molecule has 0 saturated carbocycles. The molecule has 0 aromatic heterocycles. The molecule has 0 unspecified atom stereocenters. The Balaban J connectivity index is 0.000000640. The van der Waals surface area contributed by atoms with E-state index in [1.807, 2.05) is 36.4 Å². The van der Waals surface area contributed by atoms with Crippen molar-refractivity contribution in [3.05, 3.63) is 42.5 Å². The van der Waals surface area contributed by atoms with Gasteiger partial charge in [0.25, 0.3) is 0 Å². The third-order valence-corrected chi connectivity index (χ3v) is 1.04. The molecule has 1 nitrogen and oxygen atoms in total. The molecule has 0 aliphatic heterocycles. The molecule has 0 aliphatic rings. The molecule has 1 aromatic carbocycles. The topological polar surface area (TPSA) is 36.5 Å². The highest BCUT2D eigenvalue weighted by molar-refractivity contribution is 5.45. The predicted molar refractivity (Wildman–Crippen MR) is 42.5 cm³/mol. The fourth-order valence-corrected chi connectivity index (χ4v) is 0.589. The van der Waals surface area contributed by atoms with Crippen LogP contribution in [0.5, 0.6) is 0 Å². The van der Waals surface area contributed by atoms with Crippen molar-refractivity contribution in [2.75, 3.05) is 0 Å². The summed E-state index contributed by atoms with van der Waals surface area (Å²) in [6.45, 7) is 3.63. The quantitative estimate of drug-likeness (QED) is 0.594. The minimum absolute atomic E-state index is 0. The van der Waals surface area contributed by atoms with Crippen molar-refractivity contribution >= 4 is 6.08 Å². The van der Waals surface area contributed by atoms with Gasteiger partial charge in [-0.3, -0.25) is 0 Å². The standard InChI is InChI=1S/C8H8.H3N/c1-2-8-6-4-3-5-7-8;/h2-7H,1H2;1H3/p+1. The summed E-state index contributed by atoms with van der Waals surface area (Å²) in [6.07, 6.45) is 1.83. The first kappa shape index (κ1) is 7.92. The Kier molecular flexibility index (Phi) is 3.40. The third-order valence-electron chi connectivity index (χ3n) is 1.04. The average molecular weight is 122 g/mol. The Hall–Kier alpha value is -1.08. The summed E-state index contributed by atoms with van der Waals surface area (Å²) in [5.74, 6) is 0. The van der Waals surface area contributed by atoms with Gasteiger partial charge in [-0.05, 0) is 5.56 Å². The fraction of sp³-hybridized carbons (Fsp3) is 0. The lowest BCUT2D eigenvalue weighted by Crippen LogP contribution is -1.63. The van der Waals surface area contributed by atoms with Crippen molar-refractivity contribution < 1.29 is 0 Å². The van der Waals surface area contributed by atoms with Crippen molar-refractivity contribution in [2.45, 2.75) is 0 Å². The van der Waals surface area contributed by atoms with E-state index < -0.39 is 0 Å². The molecule has 1 aromatic rings. The van der Waals surface area contributed by atoms with Gasteiger partial charge >= 0.3 is 0 Å². The summed E-state index contributed by atoms with van der Waals surface area (Å²) >= 11 is 0. The highest BCUT2D eigenvalue weighted by Crippen LogP contribution is 1.97. The summed E-state index contributed by atoms with van der Waals surface area (Å²) < 4.78 is 0. The van der Waals surface area contributed by atoms with Crippen molar-refractivity contribution in [3.63, 3.8) is 0 Å². The maximum atomic E-state index is 3.63. The zero-order valence-electron chi connectivity index (χ0n) is 5.67. The van der Waals surface area contributed by atoms with Gasteiger partial charge in [-0.15, -0.1) is 0 Å². The van der Waals surface area contributed by atoms with Gasteiger partial charge in [-0.1, -0.05) is 43.0 Å². The van der Waals surface area contributed by atoms with Gasteiger partial charge in [0, 0.05) is 0 Å². The second kappa shape index (κ2) is 3.87. The van der Waals surface area contributed by atoms with E-state index in [2.05, 4.69) is 6.58 Å². The van der Waals surface area contributed by atoms with Gasteiger partial charge in [-0.2, -0.15) is 0 Å². The molecular formula is C8H12N+. The highest BCUT2D eigenvalue weighted by Gasteiger charge is 1.75. The zero-order chi connectivity index (χ0) is 5.82. The molecule has 0 amide bonds. The maximum absolute atomic E-state index is 3.63. The summed E-state index contributed by atoms with van der Waals surface area (Å²) in [4.78, 5) is 0. The highest BCUT2D eigenvalue weighted by atomic mass is 14.0. The Bertz CT molecular complexity index is 167. The van der Waals surface area contributed by atoms with E-state index >= 15 is 0 Å². The molecule has 9 heavy (non-hydrogen) atoms. The van der Waals surface area contributed by atoms with Gasteiger partial charge in [0.2, 0.25) is 0 Å². The molecule has 0 bridgehead atoms. The Labute approximate surface area is 55.6 Å². The molecule has 0 spiro atoms. The molecule has 1 rings (SSSR count). The molecule has 0 heterocycles. The van der Waals surface area contributed by atoms with Gasteiger partial charge in [-0.25, -0.2) is 0 Å². The predicted octanol–water partition coefficient (Wildman–Crippen LogP) is 2.71. The zero-order valence-corrected chi connectivity index (χ0v) is 5.67. The number of quaternary nitrogens is 1. The molecule has 0 saturated heterocycles. The van der Waals surface area contributed by atoms with Crippen molar-refractivity contribution in [3.8, 4) is 0 Å². The molecule has 0 aliphatic carbocycles.